The van der Waals surface area contributed by atoms with Gasteiger partial charge in [-0.3, -0.25) is 24.1 Å². The van der Waals surface area contributed by atoms with Crippen LogP contribution in [0, 0.1) is 23.7 Å². The summed E-state index contributed by atoms with van der Waals surface area (Å²) < 4.78 is 5.89. The van der Waals surface area contributed by atoms with Crippen LogP contribution in [-0.2, 0) is 19.1 Å². The first-order valence-electron chi connectivity index (χ1n) is 9.37. The van der Waals surface area contributed by atoms with Crippen molar-refractivity contribution in [2.75, 3.05) is 13.2 Å². The summed E-state index contributed by atoms with van der Waals surface area (Å²) in [5.74, 6) is -1.58. The molecule has 6 nitrogen and oxygen atoms in total. The number of imide groups is 1. The van der Waals surface area contributed by atoms with Gasteiger partial charge >= 0.3 is 5.97 Å². The highest BCUT2D eigenvalue weighted by atomic mass is 79.9. The van der Waals surface area contributed by atoms with E-state index in [9.17, 15) is 19.2 Å². The number of carbonyl (C=O) groups excluding carboxylic acids is 4. The Hall–Kier alpha value is -1.06. The van der Waals surface area contributed by atoms with Gasteiger partial charge in [0, 0.05) is 26.2 Å². The molecule has 2 aliphatic carbocycles. The highest BCUT2D eigenvalue weighted by Gasteiger charge is 2.66. The van der Waals surface area contributed by atoms with E-state index in [0.717, 1.165) is 10.9 Å². The molecule has 3 aliphatic rings. The summed E-state index contributed by atoms with van der Waals surface area (Å²) >= 11 is 10.6. The minimum Gasteiger partial charge on any atom is -0.457 e. The molecule has 154 valence electrons. The average molecular weight is 592 g/mol. The summed E-state index contributed by atoms with van der Waals surface area (Å²) in [6, 6.07) is 6.75. The number of nitrogens with zero attached hydrogens (tertiary/aromatic N) is 1. The van der Waals surface area contributed by atoms with E-state index in [-0.39, 0.29) is 70.5 Å². The van der Waals surface area contributed by atoms with Gasteiger partial charge in [0.2, 0.25) is 11.8 Å². The lowest BCUT2D eigenvalue weighted by molar-refractivity contribution is -0.145. The molecule has 1 heterocycles. The average Bonchev–Trinajstić information content (AvgIpc) is 3.30. The standard InChI is InChI=1S/C20H18Br3NO5/c21-10-3-1-9(2-4-10)13(25)8-29-14(26)5-6-24-19(27)15-11-7-12(16(15)20(24)28)18(23)17(11)22/h1-4,11-12,15-18H,5-8H2/t11-,12-,15-,16+,17-,18+/m1/s1. The number of esters is 1. The molecule has 0 aromatic heterocycles. The Morgan fingerprint density at radius 1 is 1.00 bits per heavy atom. The van der Waals surface area contributed by atoms with Crippen LogP contribution in [0.3, 0.4) is 0 Å². The number of hydrogen-bond acceptors (Lipinski definition) is 5. The first-order valence-corrected chi connectivity index (χ1v) is 12.0. The molecular weight excluding hydrogens is 574 g/mol. The monoisotopic (exact) mass is 589 g/mol. The normalized spacial score (nSPS) is 32.6. The summed E-state index contributed by atoms with van der Waals surface area (Å²) in [6.07, 6.45) is 0.752. The number of ketones is 1. The number of fused-ring (bicyclic) bond motifs is 5. The predicted molar refractivity (Wildman–Crippen MR) is 115 cm³/mol. The maximum atomic E-state index is 12.8. The van der Waals surface area contributed by atoms with E-state index in [4.69, 9.17) is 4.74 Å². The quantitative estimate of drug-likeness (QED) is 0.219. The zero-order chi connectivity index (χ0) is 20.9. The van der Waals surface area contributed by atoms with E-state index in [1.807, 2.05) is 0 Å². The fourth-order valence-electron chi connectivity index (χ4n) is 4.77. The minimum absolute atomic E-state index is 0.00464. The SMILES string of the molecule is O=C(CCN1C(=O)[C@@H]2[C@H]3C[C@@H]([C@H](Br)[C@@H]3Br)[C@@H]2C1=O)OCC(=O)c1ccc(Br)cc1. The van der Waals surface area contributed by atoms with Crippen molar-refractivity contribution >= 4 is 71.4 Å². The Morgan fingerprint density at radius 3 is 2.10 bits per heavy atom. The molecule has 0 radical (unpaired) electrons. The van der Waals surface area contributed by atoms with Gasteiger partial charge in [0.05, 0.1) is 18.3 Å². The molecule has 2 saturated carbocycles. The maximum absolute atomic E-state index is 12.8. The van der Waals surface area contributed by atoms with Crippen LogP contribution in [0.15, 0.2) is 28.7 Å². The smallest absolute Gasteiger partial charge is 0.308 e. The third-order valence-electron chi connectivity index (χ3n) is 6.15. The van der Waals surface area contributed by atoms with E-state index < -0.39 is 5.97 Å². The Balaban J connectivity index is 1.30. The number of Topliss-reactive ketones (excluding diaryl/α,β-unsaturated/α-hetero) is 1. The Labute approximate surface area is 193 Å². The van der Waals surface area contributed by atoms with Gasteiger partial charge in [-0.1, -0.05) is 59.9 Å². The van der Waals surface area contributed by atoms with Gasteiger partial charge in [-0.15, -0.1) is 0 Å². The zero-order valence-corrected chi connectivity index (χ0v) is 20.0. The van der Waals surface area contributed by atoms with Crippen LogP contribution in [0.5, 0.6) is 0 Å². The first kappa shape index (κ1) is 21.2. The molecule has 9 heteroatoms. The van der Waals surface area contributed by atoms with Crippen molar-refractivity contribution in [1.82, 2.24) is 4.90 Å². The molecule has 29 heavy (non-hydrogen) atoms. The molecule has 0 N–H and O–H groups in total. The summed E-state index contributed by atoms with van der Waals surface area (Å²) in [4.78, 5) is 51.3. The number of benzene rings is 1. The zero-order valence-electron chi connectivity index (χ0n) is 15.2. The molecule has 1 aromatic carbocycles. The molecule has 2 bridgehead atoms. The van der Waals surface area contributed by atoms with Crippen LogP contribution >= 0.6 is 47.8 Å². The summed E-state index contributed by atoms with van der Waals surface area (Å²) in [5, 5.41) is 0. The van der Waals surface area contributed by atoms with E-state index >= 15 is 0 Å². The Morgan fingerprint density at radius 2 is 1.55 bits per heavy atom. The highest BCUT2D eigenvalue weighted by Crippen LogP contribution is 2.60. The van der Waals surface area contributed by atoms with E-state index in [1.165, 1.54) is 4.90 Å². The number of ether oxygens (including phenoxy) is 1. The van der Waals surface area contributed by atoms with Crippen LogP contribution in [0.2, 0.25) is 0 Å². The minimum atomic E-state index is -0.604. The molecule has 6 atom stereocenters. The van der Waals surface area contributed by atoms with Gasteiger partial charge in [-0.05, 0) is 30.4 Å². The van der Waals surface area contributed by atoms with Crippen molar-refractivity contribution in [1.29, 1.82) is 0 Å². The fourth-order valence-corrected chi connectivity index (χ4v) is 6.91. The molecule has 1 aromatic rings. The van der Waals surface area contributed by atoms with Crippen molar-refractivity contribution in [2.24, 2.45) is 23.7 Å². The second kappa shape index (κ2) is 8.23. The number of alkyl halides is 2. The molecule has 0 spiro atoms. The number of amides is 2. The molecule has 3 fully saturated rings. The first-order chi connectivity index (χ1) is 13.8. The lowest BCUT2D eigenvalue weighted by atomic mass is 9.81. The van der Waals surface area contributed by atoms with Crippen LogP contribution in [0.4, 0.5) is 0 Å². The van der Waals surface area contributed by atoms with Gasteiger partial charge in [0.15, 0.2) is 12.4 Å². The third-order valence-corrected chi connectivity index (χ3v) is 9.88. The maximum Gasteiger partial charge on any atom is 0.308 e. The number of likely N-dealkylation sites (tertiary alicyclic amines) is 1. The van der Waals surface area contributed by atoms with Gasteiger partial charge < -0.3 is 4.74 Å². The van der Waals surface area contributed by atoms with Crippen molar-refractivity contribution < 1.29 is 23.9 Å². The molecule has 0 unspecified atom stereocenters. The lowest BCUT2D eigenvalue weighted by Gasteiger charge is -2.28. The Bertz CT molecular complexity index is 841. The third kappa shape index (κ3) is 3.74. The van der Waals surface area contributed by atoms with Crippen LogP contribution in [0.1, 0.15) is 23.2 Å². The number of rotatable bonds is 6. The van der Waals surface area contributed by atoms with E-state index in [2.05, 4.69) is 47.8 Å². The number of carbonyl (C=O) groups is 4. The van der Waals surface area contributed by atoms with Crippen molar-refractivity contribution in [3.8, 4) is 0 Å². The van der Waals surface area contributed by atoms with Gasteiger partial charge in [0.25, 0.3) is 0 Å². The van der Waals surface area contributed by atoms with Crippen LogP contribution in [0.25, 0.3) is 0 Å². The van der Waals surface area contributed by atoms with Crippen molar-refractivity contribution in [3.05, 3.63) is 34.3 Å². The predicted octanol–water partition coefficient (Wildman–Crippen LogP) is 3.34. The summed E-state index contributed by atoms with van der Waals surface area (Å²) in [7, 11) is 0. The van der Waals surface area contributed by atoms with Crippen LogP contribution < -0.4 is 0 Å². The Kier molecular flexibility index (Phi) is 6.01. The topological polar surface area (TPSA) is 80.8 Å². The van der Waals surface area contributed by atoms with E-state index in [1.54, 1.807) is 24.3 Å². The molecular formula is C20H18Br3NO5. The summed E-state index contributed by atoms with van der Waals surface area (Å²) in [5.41, 5.74) is 0.447. The van der Waals surface area contributed by atoms with E-state index in [0.29, 0.717) is 5.56 Å². The summed E-state index contributed by atoms with van der Waals surface area (Å²) in [6.45, 7) is -0.371. The van der Waals surface area contributed by atoms with Crippen LogP contribution in [-0.4, -0.2) is 51.3 Å². The number of halogens is 3. The fraction of sp³-hybridized carbons (Fsp3) is 0.500. The number of hydrogen-bond donors (Lipinski definition) is 0. The van der Waals surface area contributed by atoms with Gasteiger partial charge in [-0.25, -0.2) is 0 Å². The van der Waals surface area contributed by atoms with Gasteiger partial charge in [-0.2, -0.15) is 0 Å². The van der Waals surface area contributed by atoms with Crippen molar-refractivity contribution in [2.45, 2.75) is 22.5 Å². The largest absolute Gasteiger partial charge is 0.457 e. The van der Waals surface area contributed by atoms with Crippen molar-refractivity contribution in [3.63, 3.8) is 0 Å². The lowest BCUT2D eigenvalue weighted by Crippen LogP contribution is -2.37. The second-order valence-corrected chi connectivity index (χ2v) is 10.7. The van der Waals surface area contributed by atoms with Gasteiger partial charge in [0.1, 0.15) is 0 Å². The second-order valence-electron chi connectivity index (χ2n) is 7.67. The molecule has 2 amide bonds. The molecule has 4 rings (SSSR count). The highest BCUT2D eigenvalue weighted by molar-refractivity contribution is 9.12. The molecule has 1 aliphatic heterocycles. The molecule has 1 saturated heterocycles.